The van der Waals surface area contributed by atoms with Crippen LogP contribution in [0.2, 0.25) is 0 Å². The number of alkyl carbamates (subject to hydrolysis) is 1. The Labute approximate surface area is 234 Å². The zero-order chi connectivity index (χ0) is 28.0. The molecular weight excluding hydrogens is 506 g/mol. The lowest BCUT2D eigenvalue weighted by molar-refractivity contribution is -0.121. The highest BCUT2D eigenvalue weighted by Gasteiger charge is 2.22. The number of aliphatic hydroxyl groups excluding tert-OH is 1. The normalized spacial score (nSPS) is 11.5. The van der Waals surface area contributed by atoms with Gasteiger partial charge >= 0.3 is 6.09 Å². The first kappa shape index (κ1) is 28.6. The largest absolute Gasteiger partial charge is 0.493 e. The third-order valence-corrected chi connectivity index (χ3v) is 6.50. The average molecular weight is 542 g/mol. The number of aliphatic hydroxyl groups is 1. The molecule has 0 saturated carbocycles. The van der Waals surface area contributed by atoms with Crippen molar-refractivity contribution in [2.24, 2.45) is 0 Å². The number of aryl methyl sites for hydroxylation is 1. The van der Waals surface area contributed by atoms with Gasteiger partial charge in [-0.3, -0.25) is 4.79 Å². The maximum absolute atomic E-state index is 12.9. The number of hydrogen-bond acceptors (Lipinski definition) is 6. The van der Waals surface area contributed by atoms with Crippen molar-refractivity contribution < 1.29 is 28.6 Å². The molecule has 1 heterocycles. The number of Topliss-reactive ketones (excluding diaryl/α,β-unsaturated/α-hetero) is 1. The molecule has 1 atom stereocenters. The minimum atomic E-state index is -1.08. The van der Waals surface area contributed by atoms with Gasteiger partial charge in [-0.2, -0.15) is 0 Å². The van der Waals surface area contributed by atoms with Crippen LogP contribution >= 0.6 is 0 Å². The minimum absolute atomic E-state index is 0.0116. The van der Waals surface area contributed by atoms with Crippen molar-refractivity contribution in [1.82, 2.24) is 5.32 Å². The summed E-state index contributed by atoms with van der Waals surface area (Å²) >= 11 is 0. The standard InChI is InChI=1S/C33H35NO6/c35-23-29(34-33(37)40-24-26-14-6-2-7-15-26)30(36)22-27-17-18-32(28(21-27)31-16-10-20-39-31)38-19-9-3-8-13-25-11-4-1-5-12-25/h1-2,4-7,10-12,14-18,20-21,29,35H,3,8-9,13,19,22-24H2,(H,34,37)/t29-/m0/s1. The number of rotatable bonds is 15. The number of hydrogen-bond donors (Lipinski definition) is 2. The summed E-state index contributed by atoms with van der Waals surface area (Å²) in [5, 5.41) is 12.2. The van der Waals surface area contributed by atoms with Gasteiger partial charge in [-0.05, 0) is 66.6 Å². The van der Waals surface area contributed by atoms with E-state index in [1.165, 1.54) is 5.56 Å². The molecule has 4 rings (SSSR count). The summed E-state index contributed by atoms with van der Waals surface area (Å²) < 4.78 is 16.9. The monoisotopic (exact) mass is 541 g/mol. The Balaban J connectivity index is 1.30. The molecule has 1 amide bonds. The van der Waals surface area contributed by atoms with E-state index in [1.807, 2.05) is 60.7 Å². The van der Waals surface area contributed by atoms with Gasteiger partial charge in [-0.25, -0.2) is 4.79 Å². The fourth-order valence-electron chi connectivity index (χ4n) is 4.33. The second-order valence-corrected chi connectivity index (χ2v) is 9.54. The van der Waals surface area contributed by atoms with Crippen LogP contribution in [0.25, 0.3) is 11.3 Å². The number of furan rings is 1. The molecule has 7 heteroatoms. The zero-order valence-corrected chi connectivity index (χ0v) is 22.5. The van der Waals surface area contributed by atoms with Crippen molar-refractivity contribution in [2.75, 3.05) is 13.2 Å². The molecule has 4 aromatic rings. The van der Waals surface area contributed by atoms with E-state index in [1.54, 1.807) is 12.3 Å². The van der Waals surface area contributed by atoms with Crippen LogP contribution in [-0.4, -0.2) is 36.2 Å². The highest BCUT2D eigenvalue weighted by atomic mass is 16.5. The molecule has 40 heavy (non-hydrogen) atoms. The van der Waals surface area contributed by atoms with E-state index in [-0.39, 0.29) is 18.8 Å². The van der Waals surface area contributed by atoms with E-state index in [9.17, 15) is 14.7 Å². The van der Waals surface area contributed by atoms with Crippen LogP contribution in [0.15, 0.2) is 102 Å². The number of unbranched alkanes of at least 4 members (excludes halogenated alkanes) is 2. The Kier molecular flexibility index (Phi) is 10.9. The summed E-state index contributed by atoms with van der Waals surface area (Å²) in [7, 11) is 0. The number of nitrogens with one attached hydrogen (secondary N) is 1. The predicted molar refractivity (Wildman–Crippen MR) is 153 cm³/mol. The molecule has 7 nitrogen and oxygen atoms in total. The molecule has 0 aliphatic rings. The predicted octanol–water partition coefficient (Wildman–Crippen LogP) is 6.14. The van der Waals surface area contributed by atoms with Crippen LogP contribution in [0.3, 0.4) is 0 Å². The highest BCUT2D eigenvalue weighted by molar-refractivity contribution is 5.89. The quantitative estimate of drug-likeness (QED) is 0.176. The molecule has 0 fully saturated rings. The van der Waals surface area contributed by atoms with Crippen molar-refractivity contribution in [2.45, 2.75) is 44.8 Å². The van der Waals surface area contributed by atoms with Gasteiger partial charge in [-0.15, -0.1) is 0 Å². The number of carbonyl (C=O) groups excluding carboxylic acids is 2. The van der Waals surface area contributed by atoms with Crippen molar-refractivity contribution in [3.8, 4) is 17.1 Å². The number of ketones is 1. The fourth-order valence-corrected chi connectivity index (χ4v) is 4.33. The summed E-state index contributed by atoms with van der Waals surface area (Å²) in [4.78, 5) is 25.1. The smallest absolute Gasteiger partial charge is 0.408 e. The van der Waals surface area contributed by atoms with E-state index >= 15 is 0 Å². The van der Waals surface area contributed by atoms with E-state index < -0.39 is 18.7 Å². The summed E-state index contributed by atoms with van der Waals surface area (Å²) in [6.07, 6.45) is 4.97. The summed E-state index contributed by atoms with van der Waals surface area (Å²) in [5.74, 6) is 0.974. The average Bonchev–Trinajstić information content (AvgIpc) is 3.53. The molecule has 1 aromatic heterocycles. The zero-order valence-electron chi connectivity index (χ0n) is 22.5. The van der Waals surface area contributed by atoms with Gasteiger partial charge in [0, 0.05) is 6.42 Å². The topological polar surface area (TPSA) is 98.0 Å². The minimum Gasteiger partial charge on any atom is -0.493 e. The Hall–Kier alpha value is -4.36. The van der Waals surface area contributed by atoms with Crippen LogP contribution in [0.5, 0.6) is 5.75 Å². The number of amides is 1. The number of ether oxygens (including phenoxy) is 2. The van der Waals surface area contributed by atoms with Crippen molar-refractivity contribution >= 4 is 11.9 Å². The van der Waals surface area contributed by atoms with Gasteiger partial charge in [0.2, 0.25) is 0 Å². The van der Waals surface area contributed by atoms with Gasteiger partial charge in [0.1, 0.15) is 24.2 Å². The Morgan fingerprint density at radius 1 is 0.825 bits per heavy atom. The van der Waals surface area contributed by atoms with Crippen molar-refractivity contribution in [3.05, 3.63) is 114 Å². The Bertz CT molecular complexity index is 1320. The molecule has 0 aliphatic heterocycles. The van der Waals surface area contributed by atoms with Gasteiger partial charge in [-0.1, -0.05) is 66.7 Å². The SMILES string of the molecule is O=C(N[C@@H](CO)C(=O)Cc1ccc(OCCCCCc2ccccc2)c(-c2ccco2)c1)OCc1ccccc1. The van der Waals surface area contributed by atoms with Crippen molar-refractivity contribution in [1.29, 1.82) is 0 Å². The second-order valence-electron chi connectivity index (χ2n) is 9.54. The van der Waals surface area contributed by atoms with Crippen LogP contribution in [0, 0.1) is 0 Å². The molecular formula is C33H35NO6. The number of benzene rings is 3. The highest BCUT2D eigenvalue weighted by Crippen LogP contribution is 2.32. The molecule has 0 bridgehead atoms. The fraction of sp³-hybridized carbons (Fsp3) is 0.273. The Morgan fingerprint density at radius 2 is 1.57 bits per heavy atom. The molecule has 0 aliphatic carbocycles. The molecule has 0 saturated heterocycles. The molecule has 3 aromatic carbocycles. The van der Waals surface area contributed by atoms with Crippen LogP contribution in [0.4, 0.5) is 4.79 Å². The second kappa shape index (κ2) is 15.3. The van der Waals surface area contributed by atoms with Crippen LogP contribution in [-0.2, 0) is 29.0 Å². The lowest BCUT2D eigenvalue weighted by Gasteiger charge is -2.16. The van der Waals surface area contributed by atoms with Crippen LogP contribution < -0.4 is 10.1 Å². The first-order valence-corrected chi connectivity index (χ1v) is 13.6. The van der Waals surface area contributed by atoms with E-state index in [4.69, 9.17) is 13.9 Å². The number of carbonyl (C=O) groups is 2. The van der Waals surface area contributed by atoms with Gasteiger partial charge < -0.3 is 24.3 Å². The van der Waals surface area contributed by atoms with Gasteiger partial charge in [0.05, 0.1) is 25.0 Å². The first-order chi connectivity index (χ1) is 19.6. The Morgan fingerprint density at radius 3 is 2.27 bits per heavy atom. The van der Waals surface area contributed by atoms with Crippen LogP contribution in [0.1, 0.15) is 36.0 Å². The summed E-state index contributed by atoms with van der Waals surface area (Å²) in [6, 6.07) is 27.7. The van der Waals surface area contributed by atoms with E-state index in [0.717, 1.165) is 36.8 Å². The maximum Gasteiger partial charge on any atom is 0.408 e. The van der Waals surface area contributed by atoms with Gasteiger partial charge in [0.15, 0.2) is 5.78 Å². The third-order valence-electron chi connectivity index (χ3n) is 6.50. The summed E-state index contributed by atoms with van der Waals surface area (Å²) in [5.41, 5.74) is 3.63. The van der Waals surface area contributed by atoms with E-state index in [0.29, 0.717) is 23.7 Å². The van der Waals surface area contributed by atoms with Crippen molar-refractivity contribution in [3.63, 3.8) is 0 Å². The lowest BCUT2D eigenvalue weighted by Crippen LogP contribution is -2.44. The molecule has 0 unspecified atom stereocenters. The third kappa shape index (κ3) is 8.85. The molecule has 2 N–H and O–H groups in total. The molecule has 208 valence electrons. The summed E-state index contributed by atoms with van der Waals surface area (Å²) in [6.45, 7) is 0.109. The van der Waals surface area contributed by atoms with Gasteiger partial charge in [0.25, 0.3) is 0 Å². The maximum atomic E-state index is 12.9. The first-order valence-electron chi connectivity index (χ1n) is 13.6. The molecule has 0 spiro atoms. The van der Waals surface area contributed by atoms with E-state index in [2.05, 4.69) is 29.6 Å². The molecule has 0 radical (unpaired) electrons. The lowest BCUT2D eigenvalue weighted by atomic mass is 10.0.